The summed E-state index contributed by atoms with van der Waals surface area (Å²) < 4.78 is 6.30. The van der Waals surface area contributed by atoms with Crippen LogP contribution in [0.15, 0.2) is 54.6 Å². The van der Waals surface area contributed by atoms with Crippen molar-refractivity contribution in [2.45, 2.75) is 52.1 Å². The van der Waals surface area contributed by atoms with E-state index >= 15 is 0 Å². The maximum absolute atomic E-state index is 12.3. The Labute approximate surface area is 156 Å². The van der Waals surface area contributed by atoms with Gasteiger partial charge in [-0.1, -0.05) is 38.0 Å². The molecule has 1 N–H and O–H groups in total. The van der Waals surface area contributed by atoms with E-state index in [9.17, 15) is 4.79 Å². The van der Waals surface area contributed by atoms with E-state index in [2.05, 4.69) is 26.1 Å². The molecule has 3 nitrogen and oxygen atoms in total. The van der Waals surface area contributed by atoms with Gasteiger partial charge in [0.15, 0.2) is 0 Å². The molecule has 0 aromatic heterocycles. The van der Waals surface area contributed by atoms with Crippen molar-refractivity contribution < 1.29 is 9.53 Å². The standard InChI is InChI=1S/C23H29NO2/c1-17-9-13-19(14-10-17)23(2,3)26-21-15-11-18(12-16-21)22(25)24-20-7-5-4-6-8-20/h4-8,11-12,15-17,19H,9-10,13-14H2,1-3H3,(H,24,25). The number of carbonyl (C=O) groups excluding carboxylic acids is 1. The van der Waals surface area contributed by atoms with Crippen molar-refractivity contribution in [1.29, 1.82) is 0 Å². The molecule has 0 saturated heterocycles. The normalized spacial score (nSPS) is 20.4. The van der Waals surface area contributed by atoms with Gasteiger partial charge in [0.2, 0.25) is 0 Å². The van der Waals surface area contributed by atoms with E-state index in [1.54, 1.807) is 0 Å². The Morgan fingerprint density at radius 1 is 0.962 bits per heavy atom. The number of nitrogens with one attached hydrogen (secondary N) is 1. The van der Waals surface area contributed by atoms with Crippen LogP contribution < -0.4 is 10.1 Å². The van der Waals surface area contributed by atoms with E-state index < -0.39 is 0 Å². The van der Waals surface area contributed by atoms with Crippen molar-refractivity contribution in [3.05, 3.63) is 60.2 Å². The molecule has 2 aromatic rings. The van der Waals surface area contributed by atoms with Gasteiger partial charge in [0.1, 0.15) is 11.4 Å². The van der Waals surface area contributed by atoms with Crippen LogP contribution in [0.25, 0.3) is 0 Å². The number of para-hydroxylation sites is 1. The molecule has 26 heavy (non-hydrogen) atoms. The lowest BCUT2D eigenvalue weighted by molar-refractivity contribution is 0.0188. The first-order valence-electron chi connectivity index (χ1n) is 9.59. The van der Waals surface area contributed by atoms with Crippen molar-refractivity contribution in [3.63, 3.8) is 0 Å². The van der Waals surface area contributed by atoms with Gasteiger partial charge in [0.25, 0.3) is 5.91 Å². The summed E-state index contributed by atoms with van der Waals surface area (Å²) in [5.41, 5.74) is 1.24. The minimum absolute atomic E-state index is 0.108. The fourth-order valence-electron chi connectivity index (χ4n) is 3.74. The van der Waals surface area contributed by atoms with Crippen LogP contribution >= 0.6 is 0 Å². The monoisotopic (exact) mass is 351 g/mol. The van der Waals surface area contributed by atoms with Crippen LogP contribution in [0.4, 0.5) is 5.69 Å². The number of hydrogen-bond donors (Lipinski definition) is 1. The molecule has 0 unspecified atom stereocenters. The second kappa shape index (κ2) is 7.94. The highest BCUT2D eigenvalue weighted by Gasteiger charge is 2.34. The van der Waals surface area contributed by atoms with Crippen LogP contribution in [0.5, 0.6) is 5.75 Å². The zero-order valence-electron chi connectivity index (χ0n) is 16.0. The third-order valence-corrected chi connectivity index (χ3v) is 5.53. The molecule has 0 radical (unpaired) electrons. The minimum atomic E-state index is -0.187. The fourth-order valence-corrected chi connectivity index (χ4v) is 3.74. The summed E-state index contributed by atoms with van der Waals surface area (Å²) in [6.07, 6.45) is 5.03. The van der Waals surface area contributed by atoms with E-state index in [0.29, 0.717) is 11.5 Å². The molecule has 0 atom stereocenters. The summed E-state index contributed by atoms with van der Waals surface area (Å²) in [7, 11) is 0. The Hall–Kier alpha value is -2.29. The highest BCUT2D eigenvalue weighted by molar-refractivity contribution is 6.04. The van der Waals surface area contributed by atoms with Gasteiger partial charge >= 0.3 is 0 Å². The van der Waals surface area contributed by atoms with Crippen LogP contribution in [0.3, 0.4) is 0 Å². The molecular formula is C23H29NO2. The van der Waals surface area contributed by atoms with Crippen LogP contribution in [-0.4, -0.2) is 11.5 Å². The number of benzene rings is 2. The van der Waals surface area contributed by atoms with E-state index in [1.807, 2.05) is 54.6 Å². The molecule has 3 rings (SSSR count). The number of hydrogen-bond acceptors (Lipinski definition) is 2. The zero-order valence-corrected chi connectivity index (χ0v) is 16.0. The summed E-state index contributed by atoms with van der Waals surface area (Å²) in [6, 6.07) is 16.9. The third-order valence-electron chi connectivity index (χ3n) is 5.53. The van der Waals surface area contributed by atoms with Crippen molar-refractivity contribution in [1.82, 2.24) is 0 Å². The second-order valence-corrected chi connectivity index (χ2v) is 8.01. The van der Waals surface area contributed by atoms with Crippen LogP contribution in [0, 0.1) is 11.8 Å². The molecule has 0 aliphatic heterocycles. The van der Waals surface area contributed by atoms with Gasteiger partial charge in [-0.15, -0.1) is 0 Å². The Morgan fingerprint density at radius 3 is 2.19 bits per heavy atom. The molecule has 0 bridgehead atoms. The zero-order chi connectivity index (χ0) is 18.6. The summed E-state index contributed by atoms with van der Waals surface area (Å²) >= 11 is 0. The highest BCUT2D eigenvalue weighted by Crippen LogP contribution is 2.37. The number of carbonyl (C=O) groups is 1. The lowest BCUT2D eigenvalue weighted by Gasteiger charge is -2.38. The smallest absolute Gasteiger partial charge is 0.255 e. The van der Waals surface area contributed by atoms with Crippen molar-refractivity contribution in [2.75, 3.05) is 5.32 Å². The Balaban J connectivity index is 1.61. The fraction of sp³-hybridized carbons (Fsp3) is 0.435. The minimum Gasteiger partial charge on any atom is -0.488 e. The molecule has 3 heteroatoms. The van der Waals surface area contributed by atoms with E-state index in [4.69, 9.17) is 4.74 Å². The van der Waals surface area contributed by atoms with Crippen LogP contribution in [0.1, 0.15) is 56.8 Å². The molecule has 0 spiro atoms. The maximum atomic E-state index is 12.3. The Morgan fingerprint density at radius 2 is 1.58 bits per heavy atom. The Bertz CT molecular complexity index is 714. The lowest BCUT2D eigenvalue weighted by Crippen LogP contribution is -2.39. The lowest BCUT2D eigenvalue weighted by atomic mass is 9.75. The first-order chi connectivity index (χ1) is 12.4. The first kappa shape index (κ1) is 18.5. The number of rotatable bonds is 5. The summed E-state index contributed by atoms with van der Waals surface area (Å²) in [5, 5.41) is 2.90. The number of ether oxygens (including phenoxy) is 1. The predicted molar refractivity (Wildman–Crippen MR) is 107 cm³/mol. The number of anilines is 1. The molecule has 1 fully saturated rings. The van der Waals surface area contributed by atoms with Crippen LogP contribution in [0.2, 0.25) is 0 Å². The largest absolute Gasteiger partial charge is 0.488 e. The van der Waals surface area contributed by atoms with Gasteiger partial charge in [-0.05, 0) is 74.9 Å². The van der Waals surface area contributed by atoms with Gasteiger partial charge in [0, 0.05) is 11.3 Å². The van der Waals surface area contributed by atoms with Gasteiger partial charge in [-0.25, -0.2) is 0 Å². The SMILES string of the molecule is CC1CCC(C(C)(C)Oc2ccc(C(=O)Nc3ccccc3)cc2)CC1. The highest BCUT2D eigenvalue weighted by atomic mass is 16.5. The van der Waals surface area contributed by atoms with Gasteiger partial charge in [-0.2, -0.15) is 0 Å². The molecule has 1 saturated carbocycles. The van der Waals surface area contributed by atoms with Gasteiger partial charge in [-0.3, -0.25) is 4.79 Å². The molecule has 2 aromatic carbocycles. The summed E-state index contributed by atoms with van der Waals surface area (Å²) in [5.74, 6) is 2.14. The topological polar surface area (TPSA) is 38.3 Å². The third kappa shape index (κ3) is 4.66. The van der Waals surface area contributed by atoms with E-state index in [0.717, 1.165) is 17.4 Å². The van der Waals surface area contributed by atoms with Crippen molar-refractivity contribution in [2.24, 2.45) is 11.8 Å². The molecule has 138 valence electrons. The van der Waals surface area contributed by atoms with Crippen LogP contribution in [-0.2, 0) is 0 Å². The van der Waals surface area contributed by atoms with E-state index in [1.165, 1.54) is 25.7 Å². The van der Waals surface area contributed by atoms with Crippen molar-refractivity contribution in [3.8, 4) is 5.75 Å². The average Bonchev–Trinajstić information content (AvgIpc) is 2.63. The van der Waals surface area contributed by atoms with E-state index in [-0.39, 0.29) is 11.5 Å². The second-order valence-electron chi connectivity index (χ2n) is 8.01. The molecule has 1 aliphatic rings. The Kier molecular flexibility index (Phi) is 5.65. The maximum Gasteiger partial charge on any atom is 0.255 e. The molecular weight excluding hydrogens is 322 g/mol. The van der Waals surface area contributed by atoms with Gasteiger partial charge < -0.3 is 10.1 Å². The first-order valence-corrected chi connectivity index (χ1v) is 9.59. The summed E-state index contributed by atoms with van der Waals surface area (Å²) in [6.45, 7) is 6.71. The predicted octanol–water partition coefficient (Wildman–Crippen LogP) is 5.92. The number of amides is 1. The molecule has 1 amide bonds. The van der Waals surface area contributed by atoms with Gasteiger partial charge in [0.05, 0.1) is 0 Å². The quantitative estimate of drug-likeness (QED) is 0.726. The average molecular weight is 351 g/mol. The molecule has 1 aliphatic carbocycles. The summed E-state index contributed by atoms with van der Waals surface area (Å²) in [4.78, 5) is 12.3. The molecule has 0 heterocycles. The van der Waals surface area contributed by atoms with Crippen molar-refractivity contribution >= 4 is 11.6 Å².